The molecule has 4 nitrogen and oxygen atoms in total. The molecule has 1 heterocycles. The molecule has 0 radical (unpaired) electrons. The van der Waals surface area contributed by atoms with Crippen LogP contribution in [0.25, 0.3) is 5.70 Å². The molecule has 0 saturated carbocycles. The van der Waals surface area contributed by atoms with E-state index in [1.807, 2.05) is 49.4 Å². The Bertz CT molecular complexity index is 720. The summed E-state index contributed by atoms with van der Waals surface area (Å²) in [6.45, 7) is 6.06. The zero-order valence-electron chi connectivity index (χ0n) is 12.0. The fourth-order valence-corrected chi connectivity index (χ4v) is 2.43. The van der Waals surface area contributed by atoms with Gasteiger partial charge < -0.3 is 10.1 Å². The molecule has 4 heteroatoms. The molecule has 2 aromatic carbocycles. The van der Waals surface area contributed by atoms with Crippen LogP contribution in [-0.2, 0) is 0 Å². The second-order valence-electron chi connectivity index (χ2n) is 4.96. The van der Waals surface area contributed by atoms with Crippen molar-refractivity contribution in [2.24, 2.45) is 0 Å². The van der Waals surface area contributed by atoms with E-state index >= 15 is 0 Å². The number of aryl methyl sites for hydroxylation is 1. The van der Waals surface area contributed by atoms with Crippen LogP contribution in [0.5, 0.6) is 5.75 Å². The van der Waals surface area contributed by atoms with E-state index in [1.54, 1.807) is 12.0 Å². The number of nitrogens with zero attached hydrogens (tertiary/aromatic N) is 1. The summed E-state index contributed by atoms with van der Waals surface area (Å²) in [5.41, 5.74) is 4.24. The van der Waals surface area contributed by atoms with Gasteiger partial charge in [-0.05, 0) is 42.8 Å². The lowest BCUT2D eigenvalue weighted by Gasteiger charge is -2.31. The topological polar surface area (TPSA) is 41.6 Å². The molecular formula is C17H16N2O2. The molecule has 0 bridgehead atoms. The number of ether oxygens (including phenoxy) is 1. The Hall–Kier alpha value is -2.75. The monoisotopic (exact) mass is 280 g/mol. The molecule has 3 rings (SSSR count). The number of hydrogen-bond acceptors (Lipinski definition) is 2. The first-order chi connectivity index (χ1) is 10.1. The van der Waals surface area contributed by atoms with Gasteiger partial charge in [0.15, 0.2) is 0 Å². The van der Waals surface area contributed by atoms with Gasteiger partial charge in [0.2, 0.25) is 0 Å². The van der Waals surface area contributed by atoms with Crippen LogP contribution in [-0.4, -0.2) is 13.1 Å². The second kappa shape index (κ2) is 4.98. The van der Waals surface area contributed by atoms with E-state index < -0.39 is 0 Å². The summed E-state index contributed by atoms with van der Waals surface area (Å²) in [5, 5.41) is 2.90. The quantitative estimate of drug-likeness (QED) is 0.902. The Morgan fingerprint density at radius 1 is 1.14 bits per heavy atom. The molecule has 1 N–H and O–H groups in total. The van der Waals surface area contributed by atoms with Gasteiger partial charge in [0.1, 0.15) is 5.75 Å². The molecule has 106 valence electrons. The standard InChI is InChI=1S/C17H16N2O2/c1-11-4-9-15-12(2)19(17(20)18-16(15)10-11)13-5-7-14(21-3)8-6-13/h4-10H,2H2,1,3H3,(H,18,20). The summed E-state index contributed by atoms with van der Waals surface area (Å²) < 4.78 is 5.14. The van der Waals surface area contributed by atoms with Gasteiger partial charge in [-0.3, -0.25) is 4.90 Å². The summed E-state index contributed by atoms with van der Waals surface area (Å²) >= 11 is 0. The van der Waals surface area contributed by atoms with Crippen LogP contribution >= 0.6 is 0 Å². The van der Waals surface area contributed by atoms with Crippen molar-refractivity contribution in [1.82, 2.24) is 0 Å². The molecule has 0 unspecified atom stereocenters. The van der Waals surface area contributed by atoms with Gasteiger partial charge in [-0.15, -0.1) is 0 Å². The fraction of sp³-hybridized carbons (Fsp3) is 0.118. The van der Waals surface area contributed by atoms with Gasteiger partial charge in [0.25, 0.3) is 0 Å². The van der Waals surface area contributed by atoms with Crippen molar-refractivity contribution < 1.29 is 9.53 Å². The maximum Gasteiger partial charge on any atom is 0.330 e. The van der Waals surface area contributed by atoms with Gasteiger partial charge in [0.05, 0.1) is 24.2 Å². The van der Waals surface area contributed by atoms with Gasteiger partial charge in [-0.25, -0.2) is 4.79 Å². The van der Waals surface area contributed by atoms with Crippen LogP contribution < -0.4 is 15.0 Å². The first-order valence-corrected chi connectivity index (χ1v) is 6.65. The summed E-state index contributed by atoms with van der Waals surface area (Å²) in [7, 11) is 1.61. The smallest absolute Gasteiger partial charge is 0.330 e. The first kappa shape index (κ1) is 13.2. The third-order valence-electron chi connectivity index (χ3n) is 3.53. The minimum absolute atomic E-state index is 0.205. The minimum Gasteiger partial charge on any atom is -0.497 e. The average Bonchev–Trinajstić information content (AvgIpc) is 2.47. The molecule has 0 aliphatic carbocycles. The van der Waals surface area contributed by atoms with Crippen molar-refractivity contribution in [3.05, 3.63) is 60.2 Å². The van der Waals surface area contributed by atoms with Crippen molar-refractivity contribution >= 4 is 23.1 Å². The lowest BCUT2D eigenvalue weighted by Crippen LogP contribution is -2.37. The largest absolute Gasteiger partial charge is 0.497 e. The summed E-state index contributed by atoms with van der Waals surface area (Å²) in [4.78, 5) is 13.9. The van der Waals surface area contributed by atoms with Crippen molar-refractivity contribution in [2.75, 3.05) is 17.3 Å². The number of carbonyl (C=O) groups excluding carboxylic acids is 1. The molecular weight excluding hydrogens is 264 g/mol. The molecule has 0 atom stereocenters. The van der Waals surface area contributed by atoms with Crippen molar-refractivity contribution in [1.29, 1.82) is 0 Å². The van der Waals surface area contributed by atoms with Crippen molar-refractivity contribution in [3.63, 3.8) is 0 Å². The number of hydrogen-bond donors (Lipinski definition) is 1. The Labute approximate surface area is 123 Å². The fourth-order valence-electron chi connectivity index (χ4n) is 2.43. The number of urea groups is 1. The third-order valence-corrected chi connectivity index (χ3v) is 3.53. The highest BCUT2D eigenvalue weighted by molar-refractivity contribution is 6.16. The lowest BCUT2D eigenvalue weighted by molar-refractivity contribution is 0.259. The number of rotatable bonds is 2. The number of benzene rings is 2. The highest BCUT2D eigenvalue weighted by atomic mass is 16.5. The number of nitrogens with one attached hydrogen (secondary N) is 1. The van der Waals surface area contributed by atoms with Crippen LogP contribution in [0, 0.1) is 6.92 Å². The Morgan fingerprint density at radius 2 is 1.86 bits per heavy atom. The zero-order valence-corrected chi connectivity index (χ0v) is 12.0. The number of carbonyl (C=O) groups is 1. The maximum absolute atomic E-state index is 12.4. The Balaban J connectivity index is 2.01. The lowest BCUT2D eigenvalue weighted by atomic mass is 10.0. The highest BCUT2D eigenvalue weighted by Gasteiger charge is 2.27. The van der Waals surface area contributed by atoms with Crippen LogP contribution in [0.3, 0.4) is 0 Å². The van der Waals surface area contributed by atoms with E-state index in [9.17, 15) is 4.79 Å². The molecule has 2 aromatic rings. The predicted octanol–water partition coefficient (Wildman–Crippen LogP) is 4.03. The van der Waals surface area contributed by atoms with E-state index in [-0.39, 0.29) is 6.03 Å². The van der Waals surface area contributed by atoms with Gasteiger partial charge in [0, 0.05) is 5.56 Å². The number of fused-ring (bicyclic) bond motifs is 1. The highest BCUT2D eigenvalue weighted by Crippen LogP contribution is 2.35. The van der Waals surface area contributed by atoms with Crippen LogP contribution in [0.1, 0.15) is 11.1 Å². The van der Waals surface area contributed by atoms with E-state index in [0.29, 0.717) is 5.70 Å². The second-order valence-corrected chi connectivity index (χ2v) is 4.96. The Morgan fingerprint density at radius 3 is 2.52 bits per heavy atom. The van der Waals surface area contributed by atoms with Crippen LogP contribution in [0.15, 0.2) is 49.0 Å². The van der Waals surface area contributed by atoms with E-state index in [2.05, 4.69) is 11.9 Å². The van der Waals surface area contributed by atoms with E-state index in [4.69, 9.17) is 4.74 Å². The summed E-state index contributed by atoms with van der Waals surface area (Å²) in [6.07, 6.45) is 0. The molecule has 0 spiro atoms. The predicted molar refractivity (Wildman–Crippen MR) is 84.7 cm³/mol. The summed E-state index contributed by atoms with van der Waals surface area (Å²) in [5.74, 6) is 0.748. The van der Waals surface area contributed by atoms with Gasteiger partial charge >= 0.3 is 6.03 Å². The van der Waals surface area contributed by atoms with E-state index in [0.717, 1.165) is 28.3 Å². The van der Waals surface area contributed by atoms with Gasteiger partial charge in [-0.1, -0.05) is 18.7 Å². The molecule has 21 heavy (non-hydrogen) atoms. The molecule has 1 aliphatic rings. The average molecular weight is 280 g/mol. The van der Waals surface area contributed by atoms with Crippen LogP contribution in [0.4, 0.5) is 16.2 Å². The van der Waals surface area contributed by atoms with Crippen molar-refractivity contribution in [3.8, 4) is 5.75 Å². The molecule has 1 aliphatic heterocycles. The summed E-state index contributed by atoms with van der Waals surface area (Å²) in [6, 6.07) is 13.0. The van der Waals surface area contributed by atoms with E-state index in [1.165, 1.54) is 0 Å². The molecule has 2 amide bonds. The molecule has 0 fully saturated rings. The minimum atomic E-state index is -0.205. The van der Waals surface area contributed by atoms with Crippen LogP contribution in [0.2, 0.25) is 0 Å². The van der Waals surface area contributed by atoms with Crippen molar-refractivity contribution in [2.45, 2.75) is 6.92 Å². The first-order valence-electron chi connectivity index (χ1n) is 6.65. The van der Waals surface area contributed by atoms with Gasteiger partial charge in [-0.2, -0.15) is 0 Å². The zero-order chi connectivity index (χ0) is 15.0. The molecule has 0 saturated heterocycles. The normalized spacial score (nSPS) is 13.7. The number of anilines is 2. The number of methoxy groups -OCH3 is 1. The Kier molecular flexibility index (Phi) is 3.14. The third kappa shape index (κ3) is 2.25. The SMILES string of the molecule is C=C1c2ccc(C)cc2NC(=O)N1c1ccc(OC)cc1. The molecule has 0 aromatic heterocycles. The maximum atomic E-state index is 12.4. The number of amides is 2.